The third kappa shape index (κ3) is 2.81. The maximum Gasteiger partial charge on any atom is 0.305 e. The largest absolute Gasteiger partial charge is 0.481 e. The van der Waals surface area contributed by atoms with Crippen LogP contribution in [0.5, 0.6) is 0 Å². The topological polar surface area (TPSA) is 96.5 Å². The van der Waals surface area contributed by atoms with Crippen molar-refractivity contribution in [1.29, 1.82) is 0 Å². The van der Waals surface area contributed by atoms with Crippen molar-refractivity contribution in [3.05, 3.63) is 11.7 Å². The minimum atomic E-state index is -0.893. The molecule has 0 atom stereocenters. The van der Waals surface area contributed by atoms with Crippen LogP contribution >= 0.6 is 0 Å². The summed E-state index contributed by atoms with van der Waals surface area (Å²) in [6.07, 6.45) is 4.26. The number of amides is 1. The zero-order chi connectivity index (χ0) is 14.8. The van der Waals surface area contributed by atoms with Crippen LogP contribution in [-0.2, 0) is 4.79 Å². The molecule has 20 heavy (non-hydrogen) atoms. The predicted molar refractivity (Wildman–Crippen MR) is 69.2 cm³/mol. The fraction of sp³-hybridized carbons (Fsp3) is 0.692. The fourth-order valence-corrected chi connectivity index (χ4v) is 2.87. The molecule has 0 radical (unpaired) electrons. The monoisotopic (exact) mass is 281 g/mol. The Morgan fingerprint density at radius 2 is 2.00 bits per heavy atom. The van der Waals surface area contributed by atoms with Crippen LogP contribution in [0, 0.1) is 6.92 Å². The highest BCUT2D eigenvalue weighted by Crippen LogP contribution is 2.36. The number of nitrogens with zero attached hydrogens (tertiary/aromatic N) is 3. The lowest BCUT2D eigenvalue weighted by molar-refractivity contribution is -0.140. The summed E-state index contributed by atoms with van der Waals surface area (Å²) in [5.74, 6) is -0.973. The summed E-state index contributed by atoms with van der Waals surface area (Å²) in [4.78, 5) is 29.0. The average molecular weight is 281 g/mol. The molecule has 0 saturated heterocycles. The number of aromatic nitrogens is 2. The van der Waals surface area contributed by atoms with Crippen LogP contribution in [0.4, 0.5) is 0 Å². The first-order valence-electron chi connectivity index (χ1n) is 6.75. The molecule has 7 heteroatoms. The van der Waals surface area contributed by atoms with Crippen molar-refractivity contribution < 1.29 is 19.2 Å². The summed E-state index contributed by atoms with van der Waals surface area (Å²) in [5.41, 5.74) is -0.643. The fourth-order valence-electron chi connectivity index (χ4n) is 2.87. The molecule has 1 saturated carbocycles. The molecule has 110 valence electrons. The lowest BCUT2D eigenvalue weighted by atomic mass is 9.78. The molecule has 1 aromatic heterocycles. The van der Waals surface area contributed by atoms with Crippen LogP contribution in [0.1, 0.15) is 55.0 Å². The van der Waals surface area contributed by atoms with Gasteiger partial charge in [-0.15, -0.1) is 0 Å². The van der Waals surface area contributed by atoms with Crippen LogP contribution < -0.4 is 0 Å². The second-order valence-corrected chi connectivity index (χ2v) is 5.36. The number of carboxylic acid groups (broad SMARTS) is 1. The van der Waals surface area contributed by atoms with Gasteiger partial charge in [-0.2, -0.15) is 4.98 Å². The summed E-state index contributed by atoms with van der Waals surface area (Å²) >= 11 is 0. The predicted octanol–water partition coefficient (Wildman–Crippen LogP) is 1.63. The van der Waals surface area contributed by atoms with Crippen LogP contribution in [0.15, 0.2) is 4.52 Å². The molecule has 2 rings (SSSR count). The third-order valence-corrected chi connectivity index (χ3v) is 4.00. The average Bonchev–Trinajstić information content (AvgIpc) is 2.84. The Morgan fingerprint density at radius 3 is 2.50 bits per heavy atom. The second kappa shape index (κ2) is 5.60. The van der Waals surface area contributed by atoms with E-state index in [0.29, 0.717) is 18.7 Å². The smallest absolute Gasteiger partial charge is 0.305 e. The van der Waals surface area contributed by atoms with Crippen molar-refractivity contribution >= 4 is 11.9 Å². The van der Waals surface area contributed by atoms with Crippen molar-refractivity contribution in [3.63, 3.8) is 0 Å². The molecule has 0 aromatic carbocycles. The van der Waals surface area contributed by atoms with Gasteiger partial charge in [0, 0.05) is 14.0 Å². The highest BCUT2D eigenvalue weighted by atomic mass is 16.5. The Labute approximate surface area is 117 Å². The SMILES string of the molecule is Cc1nc(C(=O)N(C)C2(CC(=O)O)CCCCC2)no1. The zero-order valence-electron chi connectivity index (χ0n) is 11.8. The van der Waals surface area contributed by atoms with E-state index in [4.69, 9.17) is 9.63 Å². The van der Waals surface area contributed by atoms with E-state index in [-0.39, 0.29) is 18.2 Å². The molecule has 1 aromatic rings. The number of aryl methyl sites for hydroxylation is 1. The van der Waals surface area contributed by atoms with Gasteiger partial charge in [0.25, 0.3) is 11.7 Å². The van der Waals surface area contributed by atoms with Gasteiger partial charge in [-0.05, 0) is 12.8 Å². The van der Waals surface area contributed by atoms with E-state index in [9.17, 15) is 9.59 Å². The number of hydrogen-bond acceptors (Lipinski definition) is 5. The normalized spacial score (nSPS) is 17.7. The van der Waals surface area contributed by atoms with Crippen LogP contribution in [-0.4, -0.2) is 44.6 Å². The first kappa shape index (κ1) is 14.5. The third-order valence-electron chi connectivity index (χ3n) is 4.00. The van der Waals surface area contributed by atoms with Gasteiger partial charge in [-0.1, -0.05) is 24.4 Å². The summed E-state index contributed by atoms with van der Waals surface area (Å²) in [7, 11) is 1.63. The maximum absolute atomic E-state index is 12.4. The number of aliphatic carboxylic acids is 1. The molecule has 1 fully saturated rings. The van der Waals surface area contributed by atoms with E-state index in [1.54, 1.807) is 14.0 Å². The zero-order valence-corrected chi connectivity index (χ0v) is 11.8. The van der Waals surface area contributed by atoms with Gasteiger partial charge in [0.15, 0.2) is 0 Å². The van der Waals surface area contributed by atoms with Crippen molar-refractivity contribution in [2.75, 3.05) is 7.05 Å². The minimum absolute atomic E-state index is 0.0136. The Bertz CT molecular complexity index is 505. The van der Waals surface area contributed by atoms with Gasteiger partial charge < -0.3 is 14.5 Å². The Hall–Kier alpha value is -1.92. The lowest BCUT2D eigenvalue weighted by Gasteiger charge is -2.43. The van der Waals surface area contributed by atoms with Crippen molar-refractivity contribution in [2.45, 2.75) is 51.0 Å². The molecule has 0 bridgehead atoms. The Morgan fingerprint density at radius 1 is 1.35 bits per heavy atom. The lowest BCUT2D eigenvalue weighted by Crippen LogP contribution is -2.52. The van der Waals surface area contributed by atoms with Gasteiger partial charge >= 0.3 is 5.97 Å². The summed E-state index contributed by atoms with van der Waals surface area (Å²) in [5, 5.41) is 12.8. The molecule has 0 spiro atoms. The molecule has 0 unspecified atom stereocenters. The van der Waals surface area contributed by atoms with Gasteiger partial charge in [0.2, 0.25) is 5.89 Å². The molecule has 1 amide bonds. The van der Waals surface area contributed by atoms with E-state index in [1.165, 1.54) is 4.90 Å². The number of carboxylic acids is 1. The van der Waals surface area contributed by atoms with Gasteiger partial charge in [-0.25, -0.2) is 0 Å². The number of carbonyl (C=O) groups is 2. The van der Waals surface area contributed by atoms with Gasteiger partial charge in [-0.3, -0.25) is 9.59 Å². The van der Waals surface area contributed by atoms with Crippen LogP contribution in [0.3, 0.4) is 0 Å². The highest BCUT2D eigenvalue weighted by Gasteiger charge is 2.41. The molecule has 0 aliphatic heterocycles. The molecule has 7 nitrogen and oxygen atoms in total. The second-order valence-electron chi connectivity index (χ2n) is 5.36. The van der Waals surface area contributed by atoms with Crippen molar-refractivity contribution in [2.24, 2.45) is 0 Å². The molecule has 1 heterocycles. The first-order chi connectivity index (χ1) is 9.44. The summed E-state index contributed by atoms with van der Waals surface area (Å²) < 4.78 is 4.81. The van der Waals surface area contributed by atoms with E-state index in [0.717, 1.165) is 19.3 Å². The standard InChI is InChI=1S/C13H19N3O4/c1-9-14-11(15-20-9)12(19)16(2)13(8-10(17)18)6-4-3-5-7-13/h3-8H2,1-2H3,(H,17,18). The van der Waals surface area contributed by atoms with E-state index < -0.39 is 11.5 Å². The first-order valence-corrected chi connectivity index (χ1v) is 6.75. The van der Waals surface area contributed by atoms with Crippen molar-refractivity contribution in [3.8, 4) is 0 Å². The molecular formula is C13H19N3O4. The van der Waals surface area contributed by atoms with Crippen molar-refractivity contribution in [1.82, 2.24) is 15.0 Å². The highest BCUT2D eigenvalue weighted by molar-refractivity contribution is 5.91. The van der Waals surface area contributed by atoms with E-state index in [2.05, 4.69) is 10.1 Å². The molecular weight excluding hydrogens is 262 g/mol. The Kier molecular flexibility index (Phi) is 4.06. The van der Waals surface area contributed by atoms with E-state index >= 15 is 0 Å². The van der Waals surface area contributed by atoms with Crippen LogP contribution in [0.2, 0.25) is 0 Å². The quantitative estimate of drug-likeness (QED) is 0.901. The van der Waals surface area contributed by atoms with Gasteiger partial charge in [0.1, 0.15) is 0 Å². The number of hydrogen-bond donors (Lipinski definition) is 1. The summed E-state index contributed by atoms with van der Waals surface area (Å²) in [6, 6.07) is 0. The molecule has 1 aliphatic carbocycles. The minimum Gasteiger partial charge on any atom is -0.481 e. The molecule has 1 aliphatic rings. The number of rotatable bonds is 4. The summed E-state index contributed by atoms with van der Waals surface area (Å²) in [6.45, 7) is 1.61. The number of carbonyl (C=O) groups excluding carboxylic acids is 1. The maximum atomic E-state index is 12.4. The van der Waals surface area contributed by atoms with Crippen LogP contribution in [0.25, 0.3) is 0 Å². The molecule has 1 N–H and O–H groups in total. The Balaban J connectivity index is 2.23. The van der Waals surface area contributed by atoms with E-state index in [1.807, 2.05) is 0 Å². The van der Waals surface area contributed by atoms with Gasteiger partial charge in [0.05, 0.1) is 12.0 Å².